The maximum Gasteiger partial charge on any atom is 0.319 e. The first-order chi connectivity index (χ1) is 10.2. The fourth-order valence-corrected chi connectivity index (χ4v) is 2.64. The molecular weight excluding hydrogens is 314 g/mol. The number of carbonyl (C=O) groups excluding carboxylic acids is 1. The molecular formula is C13H12ClN3O3S. The summed E-state index contributed by atoms with van der Waals surface area (Å²) >= 11 is 7.61. The van der Waals surface area contributed by atoms with Gasteiger partial charge in [-0.1, -0.05) is 11.6 Å². The molecule has 0 unspecified atom stereocenters. The topological polar surface area (TPSA) is 72.5 Å². The van der Waals surface area contributed by atoms with E-state index in [1.165, 1.54) is 11.3 Å². The minimum atomic E-state index is -0.328. The Balaban J connectivity index is 1.55. The molecule has 0 fully saturated rings. The lowest BCUT2D eigenvalue weighted by atomic mass is 10.3. The molecule has 8 heteroatoms. The normalized spacial score (nSPS) is 12.2. The highest BCUT2D eigenvalue weighted by molar-refractivity contribution is 7.07. The van der Waals surface area contributed by atoms with Gasteiger partial charge in [-0.15, -0.1) is 11.3 Å². The van der Waals surface area contributed by atoms with Gasteiger partial charge in [-0.05, 0) is 0 Å². The highest BCUT2D eigenvalue weighted by Gasteiger charge is 2.17. The Morgan fingerprint density at radius 1 is 1.38 bits per heavy atom. The maximum absolute atomic E-state index is 11.8. The summed E-state index contributed by atoms with van der Waals surface area (Å²) < 4.78 is 10.5. The third-order valence-electron chi connectivity index (χ3n) is 2.86. The van der Waals surface area contributed by atoms with Crippen molar-refractivity contribution in [2.75, 3.05) is 18.7 Å². The molecule has 21 heavy (non-hydrogen) atoms. The highest BCUT2D eigenvalue weighted by atomic mass is 35.5. The van der Waals surface area contributed by atoms with Crippen LogP contribution >= 0.6 is 22.9 Å². The van der Waals surface area contributed by atoms with Crippen LogP contribution in [-0.2, 0) is 6.42 Å². The SMILES string of the molecule is O=C(NCCc1cscn1)Nc1cc2c(cc1Cl)OCO2. The number of aromatic nitrogens is 1. The van der Waals surface area contributed by atoms with Gasteiger partial charge in [0.2, 0.25) is 6.79 Å². The average Bonchev–Trinajstić information content (AvgIpc) is 3.10. The number of nitrogens with zero attached hydrogens (tertiary/aromatic N) is 1. The van der Waals surface area contributed by atoms with E-state index in [1.54, 1.807) is 17.6 Å². The van der Waals surface area contributed by atoms with Gasteiger partial charge in [-0.3, -0.25) is 0 Å². The van der Waals surface area contributed by atoms with Crippen LogP contribution in [0.5, 0.6) is 11.5 Å². The van der Waals surface area contributed by atoms with Crippen molar-refractivity contribution >= 4 is 34.7 Å². The van der Waals surface area contributed by atoms with Crippen molar-refractivity contribution in [2.45, 2.75) is 6.42 Å². The largest absolute Gasteiger partial charge is 0.454 e. The van der Waals surface area contributed by atoms with Crippen LogP contribution in [0.1, 0.15) is 5.69 Å². The van der Waals surface area contributed by atoms with Crippen LogP contribution in [0.25, 0.3) is 0 Å². The molecule has 1 aromatic heterocycles. The van der Waals surface area contributed by atoms with Crippen LogP contribution in [0.15, 0.2) is 23.0 Å². The number of rotatable bonds is 4. The minimum Gasteiger partial charge on any atom is -0.454 e. The summed E-state index contributed by atoms with van der Waals surface area (Å²) in [6.45, 7) is 0.659. The average molecular weight is 326 g/mol. The molecule has 6 nitrogen and oxygen atoms in total. The fourth-order valence-electron chi connectivity index (χ4n) is 1.84. The predicted octanol–water partition coefficient (Wildman–Crippen LogP) is 2.89. The maximum atomic E-state index is 11.8. The number of fused-ring (bicyclic) bond motifs is 1. The first-order valence-electron chi connectivity index (χ1n) is 6.23. The molecule has 0 spiro atoms. The number of ether oxygens (including phenoxy) is 2. The van der Waals surface area contributed by atoms with Crippen molar-refractivity contribution in [3.05, 3.63) is 33.7 Å². The summed E-state index contributed by atoms with van der Waals surface area (Å²) in [5.74, 6) is 1.15. The zero-order valence-corrected chi connectivity index (χ0v) is 12.5. The lowest BCUT2D eigenvalue weighted by Gasteiger charge is -2.09. The number of nitrogens with one attached hydrogen (secondary N) is 2. The second-order valence-corrected chi connectivity index (χ2v) is 5.42. The first-order valence-corrected chi connectivity index (χ1v) is 7.55. The van der Waals surface area contributed by atoms with E-state index in [2.05, 4.69) is 15.6 Å². The summed E-state index contributed by atoms with van der Waals surface area (Å²) in [7, 11) is 0. The molecule has 2 N–H and O–H groups in total. The molecule has 110 valence electrons. The molecule has 2 aromatic rings. The van der Waals surface area contributed by atoms with Gasteiger partial charge in [0, 0.05) is 30.5 Å². The number of carbonyl (C=O) groups is 1. The molecule has 1 aliphatic heterocycles. The monoisotopic (exact) mass is 325 g/mol. The van der Waals surface area contributed by atoms with E-state index >= 15 is 0 Å². The van der Waals surface area contributed by atoms with Gasteiger partial charge in [-0.25, -0.2) is 9.78 Å². The van der Waals surface area contributed by atoms with Crippen LogP contribution in [-0.4, -0.2) is 24.4 Å². The zero-order valence-electron chi connectivity index (χ0n) is 10.9. The van der Waals surface area contributed by atoms with Gasteiger partial charge < -0.3 is 20.1 Å². The summed E-state index contributed by atoms with van der Waals surface area (Å²) in [5, 5.41) is 7.78. The molecule has 2 amide bonds. The van der Waals surface area contributed by atoms with Crippen LogP contribution < -0.4 is 20.1 Å². The first kappa shape index (κ1) is 14.0. The summed E-state index contributed by atoms with van der Waals surface area (Å²) in [6, 6.07) is 2.94. The van der Waals surface area contributed by atoms with Gasteiger partial charge in [0.25, 0.3) is 0 Å². The number of anilines is 1. The van der Waals surface area contributed by atoms with Crippen LogP contribution in [0.4, 0.5) is 10.5 Å². The molecule has 0 atom stereocenters. The highest BCUT2D eigenvalue weighted by Crippen LogP contribution is 2.39. The van der Waals surface area contributed by atoms with Gasteiger partial charge in [0.1, 0.15) is 0 Å². The third-order valence-corrected chi connectivity index (χ3v) is 3.81. The number of hydrogen-bond donors (Lipinski definition) is 2. The third kappa shape index (κ3) is 3.37. The van der Waals surface area contributed by atoms with E-state index < -0.39 is 0 Å². The molecule has 0 saturated carbocycles. The lowest BCUT2D eigenvalue weighted by molar-refractivity contribution is 0.174. The van der Waals surface area contributed by atoms with Crippen LogP contribution in [0.2, 0.25) is 5.02 Å². The lowest BCUT2D eigenvalue weighted by Crippen LogP contribution is -2.30. The van der Waals surface area contributed by atoms with E-state index in [1.807, 2.05) is 5.38 Å². The van der Waals surface area contributed by atoms with E-state index in [9.17, 15) is 4.79 Å². The number of urea groups is 1. The quantitative estimate of drug-likeness (QED) is 0.906. The van der Waals surface area contributed by atoms with Gasteiger partial charge in [0.15, 0.2) is 11.5 Å². The molecule has 0 bridgehead atoms. The fraction of sp³-hybridized carbons (Fsp3) is 0.231. The van der Waals surface area contributed by atoms with Crippen molar-refractivity contribution in [2.24, 2.45) is 0 Å². The summed E-state index contributed by atoms with van der Waals surface area (Å²) in [4.78, 5) is 16.0. The van der Waals surface area contributed by atoms with Crippen molar-refractivity contribution in [1.29, 1.82) is 0 Å². The van der Waals surface area contributed by atoms with Crippen molar-refractivity contribution in [3.8, 4) is 11.5 Å². The summed E-state index contributed by atoms with van der Waals surface area (Å²) in [6.07, 6.45) is 0.686. The Morgan fingerprint density at radius 3 is 2.95 bits per heavy atom. The van der Waals surface area contributed by atoms with E-state index in [-0.39, 0.29) is 12.8 Å². The minimum absolute atomic E-state index is 0.162. The molecule has 0 aliphatic carbocycles. The predicted molar refractivity (Wildman–Crippen MR) is 80.4 cm³/mol. The second-order valence-electron chi connectivity index (χ2n) is 4.30. The molecule has 0 radical (unpaired) electrons. The number of amides is 2. The second kappa shape index (κ2) is 6.19. The molecule has 1 aliphatic rings. The van der Waals surface area contributed by atoms with Crippen molar-refractivity contribution in [1.82, 2.24) is 10.3 Å². The standard InChI is InChI=1S/C13H12ClN3O3S/c14-9-3-11-12(20-7-19-11)4-10(9)17-13(18)15-2-1-8-5-21-6-16-8/h3-6H,1-2,7H2,(H2,15,17,18). The van der Waals surface area contributed by atoms with Gasteiger partial charge >= 0.3 is 6.03 Å². The Morgan fingerprint density at radius 2 is 2.19 bits per heavy atom. The molecule has 2 heterocycles. The number of hydrogen-bond acceptors (Lipinski definition) is 5. The van der Waals surface area contributed by atoms with Crippen LogP contribution in [0, 0.1) is 0 Å². The molecule has 1 aromatic carbocycles. The van der Waals surface area contributed by atoms with E-state index in [4.69, 9.17) is 21.1 Å². The Hall–Kier alpha value is -1.99. The Labute approximate surface area is 130 Å². The van der Waals surface area contributed by atoms with Crippen molar-refractivity contribution < 1.29 is 14.3 Å². The smallest absolute Gasteiger partial charge is 0.319 e. The molecule has 3 rings (SSSR count). The number of halogens is 1. The van der Waals surface area contributed by atoms with Gasteiger partial charge in [-0.2, -0.15) is 0 Å². The van der Waals surface area contributed by atoms with Crippen LogP contribution in [0.3, 0.4) is 0 Å². The summed E-state index contributed by atoms with van der Waals surface area (Å²) in [5.41, 5.74) is 3.20. The van der Waals surface area contributed by atoms with E-state index in [0.717, 1.165) is 5.69 Å². The van der Waals surface area contributed by atoms with Crippen molar-refractivity contribution in [3.63, 3.8) is 0 Å². The Bertz CT molecular complexity index is 648. The number of benzene rings is 1. The zero-order chi connectivity index (χ0) is 14.7. The Kier molecular flexibility index (Phi) is 4.12. The molecule has 0 saturated heterocycles. The van der Waals surface area contributed by atoms with Gasteiger partial charge in [0.05, 0.1) is 21.9 Å². The van der Waals surface area contributed by atoms with E-state index in [0.29, 0.717) is 35.2 Å². The number of thiazole rings is 1.